The maximum Gasteiger partial charge on any atom is 0.532 e. The molecule has 1 aromatic heterocycles. The van der Waals surface area contributed by atoms with E-state index in [2.05, 4.69) is 0 Å². The van der Waals surface area contributed by atoms with Gasteiger partial charge < -0.3 is 18.5 Å². The Hall–Kier alpha value is -0.775. The van der Waals surface area contributed by atoms with E-state index in [1.807, 2.05) is 39.8 Å². The SMILES string of the molecule is CC1(C)OB(c2ccc(C3CCCCO3)o2)OC1(C)C. The Bertz CT molecular complexity index is 458. The summed E-state index contributed by atoms with van der Waals surface area (Å²) in [4.78, 5) is 0. The smallest absolute Gasteiger partial charge is 0.467 e. The third kappa shape index (κ3) is 2.43. The minimum atomic E-state index is -0.433. The van der Waals surface area contributed by atoms with Gasteiger partial charge in [-0.3, -0.25) is 0 Å². The lowest BCUT2D eigenvalue weighted by Gasteiger charge is -2.32. The molecule has 1 aromatic rings. The fraction of sp³-hybridized carbons (Fsp3) is 0.733. The van der Waals surface area contributed by atoms with Gasteiger partial charge in [0, 0.05) is 6.61 Å². The topological polar surface area (TPSA) is 40.8 Å². The average Bonchev–Trinajstić information content (AvgIpc) is 2.94. The molecule has 0 aromatic carbocycles. The van der Waals surface area contributed by atoms with Crippen LogP contribution in [-0.4, -0.2) is 24.9 Å². The summed E-state index contributed by atoms with van der Waals surface area (Å²) in [5.41, 5.74) is 0.0468. The maximum absolute atomic E-state index is 5.99. The van der Waals surface area contributed by atoms with Crippen molar-refractivity contribution in [3.63, 3.8) is 0 Å². The van der Waals surface area contributed by atoms with Crippen molar-refractivity contribution in [2.75, 3.05) is 6.61 Å². The van der Waals surface area contributed by atoms with E-state index in [1.54, 1.807) is 0 Å². The lowest BCUT2D eigenvalue weighted by molar-refractivity contribution is 0.00234. The first-order chi connectivity index (χ1) is 9.39. The molecule has 4 nitrogen and oxygen atoms in total. The van der Waals surface area contributed by atoms with Gasteiger partial charge in [0.15, 0.2) is 0 Å². The lowest BCUT2D eigenvalue weighted by Crippen LogP contribution is -2.41. The second-order valence-electron chi connectivity index (χ2n) is 6.68. The van der Waals surface area contributed by atoms with Crippen LogP contribution in [0.4, 0.5) is 0 Å². The summed E-state index contributed by atoms with van der Waals surface area (Å²) in [5.74, 6) is 0.884. The van der Waals surface area contributed by atoms with Gasteiger partial charge in [0.2, 0.25) is 0 Å². The Morgan fingerprint density at radius 2 is 1.75 bits per heavy atom. The van der Waals surface area contributed by atoms with Gasteiger partial charge in [-0.1, -0.05) is 0 Å². The second kappa shape index (κ2) is 4.90. The van der Waals surface area contributed by atoms with E-state index in [9.17, 15) is 0 Å². The zero-order chi connectivity index (χ0) is 14.4. The van der Waals surface area contributed by atoms with E-state index in [0.717, 1.165) is 30.9 Å². The summed E-state index contributed by atoms with van der Waals surface area (Å²) in [6.45, 7) is 8.99. The zero-order valence-corrected chi connectivity index (χ0v) is 12.8. The number of hydrogen-bond acceptors (Lipinski definition) is 4. The fourth-order valence-corrected chi connectivity index (χ4v) is 2.59. The summed E-state index contributed by atoms with van der Waals surface area (Å²) in [6.07, 6.45) is 3.44. The van der Waals surface area contributed by atoms with Crippen molar-refractivity contribution >= 4 is 12.8 Å². The van der Waals surface area contributed by atoms with Gasteiger partial charge in [-0.05, 0) is 59.1 Å². The van der Waals surface area contributed by atoms with E-state index in [1.165, 1.54) is 6.42 Å². The molecule has 1 atom stereocenters. The Kier molecular flexibility index (Phi) is 3.47. The summed E-state index contributed by atoms with van der Waals surface area (Å²) in [7, 11) is -0.433. The van der Waals surface area contributed by atoms with Crippen LogP contribution in [0, 0.1) is 0 Å². The van der Waals surface area contributed by atoms with E-state index in [4.69, 9.17) is 18.5 Å². The molecule has 2 fully saturated rings. The van der Waals surface area contributed by atoms with Crippen LogP contribution in [0.5, 0.6) is 0 Å². The van der Waals surface area contributed by atoms with Crippen molar-refractivity contribution in [2.45, 2.75) is 64.3 Å². The van der Waals surface area contributed by atoms with Crippen molar-refractivity contribution in [1.29, 1.82) is 0 Å². The molecule has 5 heteroatoms. The van der Waals surface area contributed by atoms with Crippen molar-refractivity contribution < 1.29 is 18.5 Å². The molecule has 0 spiro atoms. The third-order valence-corrected chi connectivity index (χ3v) is 4.63. The first-order valence-electron chi connectivity index (χ1n) is 7.46. The number of furan rings is 1. The van der Waals surface area contributed by atoms with E-state index in [-0.39, 0.29) is 17.3 Å². The van der Waals surface area contributed by atoms with Crippen molar-refractivity contribution in [3.05, 3.63) is 17.9 Å². The summed E-state index contributed by atoms with van der Waals surface area (Å²) < 4.78 is 23.7. The highest BCUT2D eigenvalue weighted by Gasteiger charge is 2.53. The second-order valence-corrected chi connectivity index (χ2v) is 6.68. The van der Waals surface area contributed by atoms with Gasteiger partial charge in [0.1, 0.15) is 17.5 Å². The van der Waals surface area contributed by atoms with Crippen LogP contribution in [0.15, 0.2) is 16.5 Å². The van der Waals surface area contributed by atoms with Crippen molar-refractivity contribution in [2.24, 2.45) is 0 Å². The average molecular weight is 278 g/mol. The summed E-state index contributed by atoms with van der Waals surface area (Å²) >= 11 is 0. The monoisotopic (exact) mass is 278 g/mol. The molecule has 0 radical (unpaired) electrons. The number of rotatable bonds is 2. The van der Waals surface area contributed by atoms with Crippen molar-refractivity contribution in [3.8, 4) is 0 Å². The Morgan fingerprint density at radius 3 is 2.35 bits per heavy atom. The van der Waals surface area contributed by atoms with Crippen LogP contribution in [0.25, 0.3) is 0 Å². The molecular formula is C15H23BO4. The molecule has 0 saturated carbocycles. The van der Waals surface area contributed by atoms with E-state index < -0.39 is 7.12 Å². The first-order valence-corrected chi connectivity index (χ1v) is 7.46. The molecule has 0 amide bonds. The quantitative estimate of drug-likeness (QED) is 0.780. The predicted molar refractivity (Wildman–Crippen MR) is 77.0 cm³/mol. The van der Waals surface area contributed by atoms with Crippen LogP contribution in [-0.2, 0) is 14.0 Å². The number of ether oxygens (including phenoxy) is 1. The van der Waals surface area contributed by atoms with Crippen LogP contribution >= 0.6 is 0 Å². The molecule has 3 rings (SSSR count). The molecule has 20 heavy (non-hydrogen) atoms. The standard InChI is InChI=1S/C15H23BO4/c1-14(2)15(3,4)20-16(19-14)13-9-8-12(18-13)11-7-5-6-10-17-11/h8-9,11H,5-7,10H2,1-4H3. The van der Waals surface area contributed by atoms with Crippen LogP contribution in [0.2, 0.25) is 0 Å². The van der Waals surface area contributed by atoms with Crippen molar-refractivity contribution in [1.82, 2.24) is 0 Å². The maximum atomic E-state index is 5.99. The summed E-state index contributed by atoms with van der Waals surface area (Å²) in [6, 6.07) is 3.92. The molecule has 2 saturated heterocycles. The molecule has 3 heterocycles. The molecule has 2 aliphatic rings. The molecule has 0 aliphatic carbocycles. The minimum Gasteiger partial charge on any atom is -0.467 e. The zero-order valence-electron chi connectivity index (χ0n) is 12.8. The highest BCUT2D eigenvalue weighted by molar-refractivity contribution is 6.60. The van der Waals surface area contributed by atoms with E-state index in [0.29, 0.717) is 0 Å². The molecule has 110 valence electrons. The molecule has 0 N–H and O–H groups in total. The molecular weight excluding hydrogens is 255 g/mol. The molecule has 1 unspecified atom stereocenters. The largest absolute Gasteiger partial charge is 0.532 e. The Balaban J connectivity index is 1.74. The van der Waals surface area contributed by atoms with Crippen LogP contribution < -0.4 is 5.66 Å². The highest BCUT2D eigenvalue weighted by Crippen LogP contribution is 2.37. The fourth-order valence-electron chi connectivity index (χ4n) is 2.59. The van der Waals surface area contributed by atoms with Crippen LogP contribution in [0.1, 0.15) is 58.8 Å². The van der Waals surface area contributed by atoms with Crippen LogP contribution in [0.3, 0.4) is 0 Å². The summed E-state index contributed by atoms with van der Waals surface area (Å²) in [5, 5.41) is 0. The van der Waals surface area contributed by atoms with E-state index >= 15 is 0 Å². The van der Waals surface area contributed by atoms with Gasteiger partial charge in [0.25, 0.3) is 0 Å². The van der Waals surface area contributed by atoms with Gasteiger partial charge in [0.05, 0.1) is 11.2 Å². The predicted octanol–water partition coefficient (Wildman–Crippen LogP) is 2.82. The molecule has 0 bridgehead atoms. The van der Waals surface area contributed by atoms with Gasteiger partial charge in [-0.25, -0.2) is 0 Å². The molecule has 2 aliphatic heterocycles. The Labute approximate surface area is 120 Å². The number of hydrogen-bond donors (Lipinski definition) is 0. The van der Waals surface area contributed by atoms with Gasteiger partial charge >= 0.3 is 7.12 Å². The third-order valence-electron chi connectivity index (χ3n) is 4.63. The highest BCUT2D eigenvalue weighted by atomic mass is 16.7. The Morgan fingerprint density at radius 1 is 1.05 bits per heavy atom. The minimum absolute atomic E-state index is 0.0833. The first kappa shape index (κ1) is 14.2. The van der Waals surface area contributed by atoms with Gasteiger partial charge in [-0.2, -0.15) is 0 Å². The van der Waals surface area contributed by atoms with Gasteiger partial charge in [-0.15, -0.1) is 0 Å². The lowest BCUT2D eigenvalue weighted by atomic mass is 9.86. The normalized spacial score (nSPS) is 28.8.